The summed E-state index contributed by atoms with van der Waals surface area (Å²) in [6.45, 7) is 0. The van der Waals surface area contributed by atoms with Crippen LogP contribution in [0.5, 0.6) is 11.5 Å². The monoisotopic (exact) mass is 424 g/mol. The number of ether oxygens (including phenoxy) is 2. The number of benzene rings is 4. The lowest BCUT2D eigenvalue weighted by atomic mass is 10.0. The van der Waals surface area contributed by atoms with Crippen LogP contribution in [0.4, 0.5) is 0 Å². The second kappa shape index (κ2) is 9.57. The van der Waals surface area contributed by atoms with Gasteiger partial charge in [0.1, 0.15) is 11.5 Å². The van der Waals surface area contributed by atoms with E-state index in [-0.39, 0.29) is 5.91 Å². The Bertz CT molecular complexity index is 1280. The first kappa shape index (κ1) is 20.8. The number of rotatable bonds is 6. The van der Waals surface area contributed by atoms with Crippen LogP contribution in [0, 0.1) is 0 Å². The zero-order chi connectivity index (χ0) is 22.3. The third-order valence-electron chi connectivity index (χ3n) is 4.85. The summed E-state index contributed by atoms with van der Waals surface area (Å²) in [4.78, 5) is 25.0. The Kier molecular flexibility index (Phi) is 6.22. The topological polar surface area (TPSA) is 77.0 Å². The molecule has 0 saturated heterocycles. The number of hydrogen-bond acceptors (Lipinski definition) is 5. The molecule has 0 aromatic heterocycles. The van der Waals surface area contributed by atoms with Gasteiger partial charge in [-0.2, -0.15) is 5.10 Å². The number of carbonyl (C=O) groups is 2. The summed E-state index contributed by atoms with van der Waals surface area (Å²) in [7, 11) is 1.56. The van der Waals surface area contributed by atoms with Crippen LogP contribution < -0.4 is 14.9 Å². The van der Waals surface area contributed by atoms with Gasteiger partial charge in [0.2, 0.25) is 0 Å². The zero-order valence-corrected chi connectivity index (χ0v) is 17.3. The first-order valence-electron chi connectivity index (χ1n) is 9.92. The van der Waals surface area contributed by atoms with Gasteiger partial charge in [0.25, 0.3) is 5.91 Å². The first-order valence-corrected chi connectivity index (χ1v) is 9.92. The van der Waals surface area contributed by atoms with Crippen molar-refractivity contribution in [2.75, 3.05) is 7.11 Å². The number of carbonyl (C=O) groups excluding carboxylic acids is 2. The van der Waals surface area contributed by atoms with E-state index in [4.69, 9.17) is 9.47 Å². The van der Waals surface area contributed by atoms with E-state index in [0.717, 1.165) is 10.8 Å². The molecule has 6 heteroatoms. The average Bonchev–Trinajstić information content (AvgIpc) is 2.85. The summed E-state index contributed by atoms with van der Waals surface area (Å²) < 4.78 is 10.8. The van der Waals surface area contributed by atoms with Crippen molar-refractivity contribution < 1.29 is 19.1 Å². The molecule has 4 aromatic carbocycles. The molecule has 0 aliphatic carbocycles. The van der Waals surface area contributed by atoms with Gasteiger partial charge in [0.15, 0.2) is 0 Å². The second-order valence-electron chi connectivity index (χ2n) is 6.88. The van der Waals surface area contributed by atoms with Crippen LogP contribution in [0.2, 0.25) is 0 Å². The van der Waals surface area contributed by atoms with Crippen LogP contribution in [0.3, 0.4) is 0 Å². The second-order valence-corrected chi connectivity index (χ2v) is 6.88. The fourth-order valence-electron chi connectivity index (χ4n) is 3.19. The fourth-order valence-corrected chi connectivity index (χ4v) is 3.19. The molecule has 4 aromatic rings. The van der Waals surface area contributed by atoms with E-state index in [1.807, 2.05) is 36.4 Å². The van der Waals surface area contributed by atoms with Gasteiger partial charge in [-0.05, 0) is 53.2 Å². The Morgan fingerprint density at radius 1 is 0.812 bits per heavy atom. The minimum atomic E-state index is -0.474. The highest BCUT2D eigenvalue weighted by Gasteiger charge is 2.13. The maximum atomic E-state index is 12.6. The van der Waals surface area contributed by atoms with Crippen molar-refractivity contribution in [3.05, 3.63) is 108 Å². The summed E-state index contributed by atoms with van der Waals surface area (Å²) in [5, 5.41) is 5.90. The third-order valence-corrected chi connectivity index (χ3v) is 4.85. The van der Waals surface area contributed by atoms with E-state index in [1.54, 1.807) is 61.7 Å². The van der Waals surface area contributed by atoms with Gasteiger partial charge in [-0.25, -0.2) is 10.2 Å². The van der Waals surface area contributed by atoms with Gasteiger partial charge in [-0.1, -0.05) is 48.5 Å². The van der Waals surface area contributed by atoms with Crippen molar-refractivity contribution >= 4 is 28.9 Å². The summed E-state index contributed by atoms with van der Waals surface area (Å²) in [6, 6.07) is 26.7. The number of hydrazone groups is 1. The third kappa shape index (κ3) is 4.65. The van der Waals surface area contributed by atoms with Crippen LogP contribution in [-0.2, 0) is 0 Å². The molecule has 0 fully saturated rings. The van der Waals surface area contributed by atoms with Crippen molar-refractivity contribution in [3.8, 4) is 11.5 Å². The largest absolute Gasteiger partial charge is 0.497 e. The Labute approximate surface area is 185 Å². The normalized spacial score (nSPS) is 10.8. The van der Waals surface area contributed by atoms with Crippen molar-refractivity contribution in [2.45, 2.75) is 0 Å². The number of methoxy groups -OCH3 is 1. The van der Waals surface area contributed by atoms with Crippen molar-refractivity contribution in [2.24, 2.45) is 5.10 Å². The van der Waals surface area contributed by atoms with Crippen molar-refractivity contribution in [3.63, 3.8) is 0 Å². The van der Waals surface area contributed by atoms with Gasteiger partial charge in [-0.15, -0.1) is 0 Å². The molecule has 0 aliphatic heterocycles. The van der Waals surface area contributed by atoms with Crippen LogP contribution in [0.15, 0.2) is 96.1 Å². The lowest BCUT2D eigenvalue weighted by molar-refractivity contribution is 0.0734. The molecule has 4 rings (SSSR count). The highest BCUT2D eigenvalue weighted by atomic mass is 16.5. The molecule has 32 heavy (non-hydrogen) atoms. The lowest BCUT2D eigenvalue weighted by Crippen LogP contribution is -2.17. The predicted octanol–water partition coefficient (Wildman–Crippen LogP) is 4.83. The molecule has 0 bridgehead atoms. The Morgan fingerprint density at radius 3 is 2.28 bits per heavy atom. The smallest absolute Gasteiger partial charge is 0.343 e. The fraction of sp³-hybridized carbons (Fsp3) is 0.0385. The molecular weight excluding hydrogens is 404 g/mol. The number of nitrogens with zero attached hydrogens (tertiary/aromatic N) is 1. The van der Waals surface area contributed by atoms with Gasteiger partial charge < -0.3 is 9.47 Å². The average molecular weight is 424 g/mol. The molecule has 0 unspecified atom stereocenters. The number of nitrogens with one attached hydrogen (secondary N) is 1. The SMILES string of the molecule is COc1ccc(C(=O)N/N=C\c2c(OC(=O)c3ccccc3)ccc3ccccc23)cc1. The van der Waals surface area contributed by atoms with Gasteiger partial charge in [0, 0.05) is 11.1 Å². The number of fused-ring (bicyclic) bond motifs is 1. The Hall–Kier alpha value is -4.45. The molecule has 0 saturated carbocycles. The quantitative estimate of drug-likeness (QED) is 0.208. The minimum absolute atomic E-state index is 0.347. The summed E-state index contributed by atoms with van der Waals surface area (Å²) in [5.74, 6) is 0.162. The summed E-state index contributed by atoms with van der Waals surface area (Å²) in [6.07, 6.45) is 1.48. The molecule has 0 atom stereocenters. The standard InChI is InChI=1S/C26H20N2O4/c1-31-21-14-11-19(12-15-21)25(29)28-27-17-23-22-10-6-5-7-18(22)13-16-24(23)32-26(30)20-8-3-2-4-9-20/h2-17H,1H3,(H,28,29)/b27-17-. The molecule has 158 valence electrons. The van der Waals surface area contributed by atoms with E-state index in [9.17, 15) is 9.59 Å². The summed E-state index contributed by atoms with van der Waals surface area (Å²) >= 11 is 0. The molecule has 0 radical (unpaired) electrons. The highest BCUT2D eigenvalue weighted by Crippen LogP contribution is 2.27. The molecule has 0 aliphatic rings. The minimum Gasteiger partial charge on any atom is -0.497 e. The number of esters is 1. The Balaban J connectivity index is 1.60. The first-order chi connectivity index (χ1) is 15.7. The number of hydrogen-bond donors (Lipinski definition) is 1. The number of amides is 1. The van der Waals surface area contributed by atoms with Gasteiger partial charge in [0.05, 0.1) is 18.9 Å². The lowest BCUT2D eigenvalue weighted by Gasteiger charge is -2.10. The van der Waals surface area contributed by atoms with Crippen LogP contribution in [-0.4, -0.2) is 25.2 Å². The molecule has 0 spiro atoms. The van der Waals surface area contributed by atoms with Crippen LogP contribution in [0.25, 0.3) is 10.8 Å². The van der Waals surface area contributed by atoms with E-state index >= 15 is 0 Å². The molecular formula is C26H20N2O4. The Morgan fingerprint density at radius 2 is 1.53 bits per heavy atom. The van der Waals surface area contributed by atoms with E-state index in [1.165, 1.54) is 6.21 Å². The van der Waals surface area contributed by atoms with E-state index in [2.05, 4.69) is 10.5 Å². The van der Waals surface area contributed by atoms with E-state index in [0.29, 0.717) is 28.2 Å². The highest BCUT2D eigenvalue weighted by molar-refractivity contribution is 6.04. The molecule has 0 heterocycles. The van der Waals surface area contributed by atoms with Gasteiger partial charge >= 0.3 is 5.97 Å². The summed E-state index contributed by atoms with van der Waals surface area (Å²) in [5.41, 5.74) is 3.98. The zero-order valence-electron chi connectivity index (χ0n) is 17.3. The van der Waals surface area contributed by atoms with Gasteiger partial charge in [-0.3, -0.25) is 4.79 Å². The predicted molar refractivity (Wildman–Crippen MR) is 123 cm³/mol. The maximum Gasteiger partial charge on any atom is 0.343 e. The van der Waals surface area contributed by atoms with Crippen LogP contribution in [0.1, 0.15) is 26.3 Å². The molecule has 1 N–H and O–H groups in total. The van der Waals surface area contributed by atoms with Crippen molar-refractivity contribution in [1.82, 2.24) is 5.43 Å². The van der Waals surface area contributed by atoms with E-state index < -0.39 is 5.97 Å². The maximum absolute atomic E-state index is 12.6. The van der Waals surface area contributed by atoms with Crippen LogP contribution >= 0.6 is 0 Å². The molecule has 1 amide bonds. The molecule has 6 nitrogen and oxygen atoms in total. The van der Waals surface area contributed by atoms with Crippen molar-refractivity contribution in [1.29, 1.82) is 0 Å².